The molecule has 0 spiro atoms. The van der Waals surface area contributed by atoms with Crippen LogP contribution in [0.4, 0.5) is 0 Å². The molecule has 0 saturated carbocycles. The molecular weight excluding hydrogens is 387 g/mol. The molecular formula is C7H15Br2O7P. The first kappa shape index (κ1) is 17.9. The van der Waals surface area contributed by atoms with Gasteiger partial charge >= 0.3 is 7.82 Å². The zero-order chi connectivity index (χ0) is 13.0. The molecule has 0 aliphatic rings. The monoisotopic (exact) mass is 400 g/mol. The number of hydrogen-bond donors (Lipinski definition) is 0. The standard InChI is InChI=1S/C7H15Br2O7P/c1-11-2-3-12-4-5-13-6-7-14-17(10,15-8)16-9/h2-7H2,1H3. The molecule has 0 bridgehead atoms. The molecule has 0 aromatic rings. The molecule has 0 aromatic heterocycles. The molecule has 7 nitrogen and oxygen atoms in total. The van der Waals surface area contributed by atoms with Crippen molar-refractivity contribution in [2.24, 2.45) is 0 Å². The van der Waals surface area contributed by atoms with Crippen LogP contribution in [-0.2, 0) is 30.5 Å². The van der Waals surface area contributed by atoms with E-state index in [2.05, 4.69) is 39.7 Å². The molecule has 0 saturated heterocycles. The molecule has 0 aromatic carbocycles. The van der Waals surface area contributed by atoms with Crippen LogP contribution in [0, 0.1) is 0 Å². The van der Waals surface area contributed by atoms with Crippen LogP contribution in [0.3, 0.4) is 0 Å². The van der Waals surface area contributed by atoms with E-state index < -0.39 is 7.82 Å². The average Bonchev–Trinajstić information content (AvgIpc) is 2.36. The van der Waals surface area contributed by atoms with Gasteiger partial charge in [0.05, 0.1) is 39.6 Å². The molecule has 10 heteroatoms. The SMILES string of the molecule is COCCOCCOCCOP(=O)(OBr)OBr. The van der Waals surface area contributed by atoms with E-state index in [0.717, 1.165) is 0 Å². The van der Waals surface area contributed by atoms with Gasteiger partial charge < -0.3 is 14.2 Å². The van der Waals surface area contributed by atoms with Crippen LogP contribution in [0.1, 0.15) is 0 Å². The molecule has 0 heterocycles. The summed E-state index contributed by atoms with van der Waals surface area (Å²) in [4.78, 5) is 0. The van der Waals surface area contributed by atoms with Gasteiger partial charge in [-0.2, -0.15) is 0 Å². The van der Waals surface area contributed by atoms with E-state index in [1.807, 2.05) is 0 Å². The maximum atomic E-state index is 11.3. The number of methoxy groups -OCH3 is 1. The Labute approximate surface area is 118 Å². The van der Waals surface area contributed by atoms with Crippen LogP contribution < -0.4 is 0 Å². The smallest absolute Gasteiger partial charge is 0.382 e. The van der Waals surface area contributed by atoms with E-state index >= 15 is 0 Å². The summed E-state index contributed by atoms with van der Waals surface area (Å²) in [6.07, 6.45) is 0. The second-order valence-electron chi connectivity index (χ2n) is 2.64. The summed E-state index contributed by atoms with van der Waals surface area (Å²) in [7, 11) is -1.94. The van der Waals surface area contributed by atoms with Gasteiger partial charge in [-0.15, -0.1) is 0 Å². The first-order valence-corrected chi connectivity index (χ1v) is 7.43. The van der Waals surface area contributed by atoms with Crippen molar-refractivity contribution in [2.45, 2.75) is 0 Å². The summed E-state index contributed by atoms with van der Waals surface area (Å²) in [5, 5.41) is 0. The van der Waals surface area contributed by atoms with E-state index in [1.165, 1.54) is 0 Å². The predicted molar refractivity (Wildman–Crippen MR) is 67.1 cm³/mol. The van der Waals surface area contributed by atoms with Gasteiger partial charge in [-0.3, -0.25) is 4.52 Å². The Balaban J connectivity index is 3.26. The van der Waals surface area contributed by atoms with Crippen molar-refractivity contribution in [2.75, 3.05) is 46.8 Å². The minimum Gasteiger partial charge on any atom is -0.382 e. The van der Waals surface area contributed by atoms with Crippen LogP contribution in [0.5, 0.6) is 0 Å². The fraction of sp³-hybridized carbons (Fsp3) is 1.00. The molecule has 0 aliphatic carbocycles. The average molecular weight is 402 g/mol. The van der Waals surface area contributed by atoms with E-state index in [-0.39, 0.29) is 13.2 Å². The Morgan fingerprint density at radius 1 is 0.882 bits per heavy atom. The third-order valence-corrected chi connectivity index (χ3v) is 4.41. The lowest BCUT2D eigenvalue weighted by Gasteiger charge is -2.10. The second-order valence-corrected chi connectivity index (χ2v) is 5.80. The van der Waals surface area contributed by atoms with Crippen molar-refractivity contribution in [1.29, 1.82) is 0 Å². The molecule has 0 rings (SSSR count). The topological polar surface area (TPSA) is 72.5 Å². The summed E-state index contributed by atoms with van der Waals surface area (Å²) < 4.78 is 39.9. The number of hydrogen-bond acceptors (Lipinski definition) is 7. The van der Waals surface area contributed by atoms with Crippen molar-refractivity contribution in [3.63, 3.8) is 0 Å². The number of ether oxygens (including phenoxy) is 3. The quantitative estimate of drug-likeness (QED) is 0.367. The maximum Gasteiger partial charge on any atom is 0.497 e. The van der Waals surface area contributed by atoms with Crippen molar-refractivity contribution in [1.82, 2.24) is 0 Å². The zero-order valence-corrected chi connectivity index (χ0v) is 13.4. The molecule has 0 N–H and O–H groups in total. The Morgan fingerprint density at radius 3 is 1.82 bits per heavy atom. The minimum atomic E-state index is -3.55. The minimum absolute atomic E-state index is 0.0759. The Kier molecular flexibility index (Phi) is 12.7. The predicted octanol–water partition coefficient (Wildman–Crippen LogP) is 2.44. The lowest BCUT2D eigenvalue weighted by Crippen LogP contribution is -2.11. The highest BCUT2D eigenvalue weighted by atomic mass is 79.9. The highest BCUT2D eigenvalue weighted by molar-refractivity contribution is 9.07. The highest BCUT2D eigenvalue weighted by Crippen LogP contribution is 2.52. The van der Waals surface area contributed by atoms with Crippen molar-refractivity contribution >= 4 is 40.3 Å². The van der Waals surface area contributed by atoms with Gasteiger partial charge in [0, 0.05) is 7.11 Å². The lowest BCUT2D eigenvalue weighted by molar-refractivity contribution is 0.0165. The van der Waals surface area contributed by atoms with Crippen molar-refractivity contribution in [3.8, 4) is 0 Å². The van der Waals surface area contributed by atoms with Gasteiger partial charge in [-0.1, -0.05) is 0 Å². The molecule has 17 heavy (non-hydrogen) atoms. The molecule has 0 radical (unpaired) electrons. The highest BCUT2D eigenvalue weighted by Gasteiger charge is 2.25. The summed E-state index contributed by atoms with van der Waals surface area (Å²) in [5.41, 5.74) is 0. The summed E-state index contributed by atoms with van der Waals surface area (Å²) in [6, 6.07) is 0. The third-order valence-electron chi connectivity index (χ3n) is 1.45. The van der Waals surface area contributed by atoms with E-state index in [0.29, 0.717) is 26.4 Å². The van der Waals surface area contributed by atoms with Gasteiger partial charge in [0.25, 0.3) is 0 Å². The van der Waals surface area contributed by atoms with Gasteiger partial charge in [0.1, 0.15) is 32.5 Å². The fourth-order valence-electron chi connectivity index (χ4n) is 0.723. The lowest BCUT2D eigenvalue weighted by atomic mass is 10.7. The largest absolute Gasteiger partial charge is 0.497 e. The fourth-order valence-corrected chi connectivity index (χ4v) is 2.45. The Bertz CT molecular complexity index is 210. The number of phosphoric acid groups is 1. The molecule has 0 amide bonds. The molecule has 0 unspecified atom stereocenters. The third kappa shape index (κ3) is 10.5. The number of halogens is 2. The van der Waals surface area contributed by atoms with Crippen LogP contribution >= 0.6 is 40.3 Å². The Morgan fingerprint density at radius 2 is 1.35 bits per heavy atom. The summed E-state index contributed by atoms with van der Waals surface area (Å²) in [5.74, 6) is 0. The zero-order valence-electron chi connectivity index (χ0n) is 9.30. The van der Waals surface area contributed by atoms with Gasteiger partial charge in [0.2, 0.25) is 0 Å². The van der Waals surface area contributed by atoms with E-state index in [1.54, 1.807) is 7.11 Å². The van der Waals surface area contributed by atoms with Crippen LogP contribution in [0.25, 0.3) is 0 Å². The first-order valence-electron chi connectivity index (χ1n) is 4.68. The summed E-state index contributed by atoms with van der Waals surface area (Å²) in [6.45, 7) is 2.29. The molecule has 104 valence electrons. The van der Waals surface area contributed by atoms with Gasteiger partial charge in [-0.25, -0.2) is 11.8 Å². The van der Waals surface area contributed by atoms with Gasteiger partial charge in [-0.05, 0) is 0 Å². The van der Waals surface area contributed by atoms with Crippen molar-refractivity contribution in [3.05, 3.63) is 0 Å². The number of rotatable bonds is 12. The Hall–Kier alpha value is 0.950. The van der Waals surface area contributed by atoms with Gasteiger partial charge in [0.15, 0.2) is 0 Å². The van der Waals surface area contributed by atoms with Crippen LogP contribution in [-0.4, -0.2) is 46.8 Å². The van der Waals surface area contributed by atoms with Crippen LogP contribution in [0.2, 0.25) is 0 Å². The summed E-state index contributed by atoms with van der Waals surface area (Å²) >= 11 is 5.07. The maximum absolute atomic E-state index is 11.3. The second kappa shape index (κ2) is 12.0. The van der Waals surface area contributed by atoms with E-state index in [9.17, 15) is 4.57 Å². The van der Waals surface area contributed by atoms with Crippen LogP contribution in [0.15, 0.2) is 0 Å². The molecule has 0 atom stereocenters. The normalized spacial score (nSPS) is 11.9. The van der Waals surface area contributed by atoms with E-state index in [4.69, 9.17) is 18.7 Å². The molecule has 0 aliphatic heterocycles. The van der Waals surface area contributed by atoms with Crippen molar-refractivity contribution < 1.29 is 30.5 Å². The first-order chi connectivity index (χ1) is 8.18. The molecule has 0 fully saturated rings.